The van der Waals surface area contributed by atoms with Crippen LogP contribution in [0.3, 0.4) is 0 Å². The summed E-state index contributed by atoms with van der Waals surface area (Å²) in [7, 11) is 0. The second kappa shape index (κ2) is 7.78. The SMILES string of the molecule is C/C=C\C=C(/C)n1ncc2c(-c3ccc4ccc5ccccc5c4c3)c([N+](=O)[O-])ccc21. The van der Waals surface area contributed by atoms with E-state index in [4.69, 9.17) is 0 Å². The van der Waals surface area contributed by atoms with Gasteiger partial charge in [0.1, 0.15) is 0 Å². The maximum Gasteiger partial charge on any atom is 0.278 e. The lowest BCUT2D eigenvalue weighted by atomic mass is 9.95. The molecule has 0 atom stereocenters. The van der Waals surface area contributed by atoms with Crippen molar-refractivity contribution in [2.45, 2.75) is 13.8 Å². The van der Waals surface area contributed by atoms with Gasteiger partial charge in [0, 0.05) is 17.1 Å². The van der Waals surface area contributed by atoms with E-state index in [0.29, 0.717) is 5.56 Å². The van der Waals surface area contributed by atoms with E-state index >= 15 is 0 Å². The number of fused-ring (bicyclic) bond motifs is 4. The van der Waals surface area contributed by atoms with Crippen LogP contribution >= 0.6 is 0 Å². The minimum Gasteiger partial charge on any atom is -0.258 e. The highest BCUT2D eigenvalue weighted by Crippen LogP contribution is 2.39. The first-order valence-electron chi connectivity index (χ1n) is 10.5. The fraction of sp³-hybridized carbons (Fsp3) is 0.0741. The summed E-state index contributed by atoms with van der Waals surface area (Å²) in [4.78, 5) is 11.6. The van der Waals surface area contributed by atoms with Crippen molar-refractivity contribution in [2.75, 3.05) is 0 Å². The van der Waals surface area contributed by atoms with Crippen LogP contribution in [0.1, 0.15) is 13.8 Å². The second-order valence-corrected chi connectivity index (χ2v) is 7.76. The second-order valence-electron chi connectivity index (χ2n) is 7.76. The Morgan fingerprint density at radius 1 is 0.969 bits per heavy atom. The Labute approximate surface area is 185 Å². The first-order valence-corrected chi connectivity index (χ1v) is 10.5. The van der Waals surface area contributed by atoms with Gasteiger partial charge in [-0.15, -0.1) is 0 Å². The monoisotopic (exact) mass is 419 g/mol. The molecule has 5 rings (SSSR count). The molecule has 156 valence electrons. The lowest BCUT2D eigenvalue weighted by Gasteiger charge is -2.10. The summed E-state index contributed by atoms with van der Waals surface area (Å²) >= 11 is 0. The third-order valence-electron chi connectivity index (χ3n) is 5.83. The van der Waals surface area contributed by atoms with Crippen LogP contribution in [0.2, 0.25) is 0 Å². The Hall–Kier alpha value is -4.25. The van der Waals surface area contributed by atoms with Crippen molar-refractivity contribution < 1.29 is 4.92 Å². The summed E-state index contributed by atoms with van der Waals surface area (Å²) in [5, 5.41) is 21.7. The van der Waals surface area contributed by atoms with E-state index < -0.39 is 0 Å². The van der Waals surface area contributed by atoms with Crippen molar-refractivity contribution >= 4 is 43.8 Å². The number of benzene rings is 4. The minimum absolute atomic E-state index is 0.0757. The van der Waals surface area contributed by atoms with E-state index in [2.05, 4.69) is 35.4 Å². The molecule has 5 heteroatoms. The Morgan fingerprint density at radius 2 is 1.72 bits per heavy atom. The van der Waals surface area contributed by atoms with Crippen molar-refractivity contribution in [3.63, 3.8) is 0 Å². The van der Waals surface area contributed by atoms with Gasteiger partial charge >= 0.3 is 0 Å². The van der Waals surface area contributed by atoms with Crippen LogP contribution in [0.5, 0.6) is 0 Å². The van der Waals surface area contributed by atoms with Gasteiger partial charge in [0.25, 0.3) is 5.69 Å². The molecular formula is C27H21N3O2. The standard InChI is InChI=1S/C27H21N3O2/c1-3-4-7-18(2)29-25-14-15-26(30(31)32)27(24(25)17-28-29)21-13-12-20-11-10-19-8-5-6-9-22(19)23(20)16-21/h3-17H,1-2H3/b4-3-,18-7+. The van der Waals surface area contributed by atoms with E-state index in [9.17, 15) is 10.1 Å². The predicted molar refractivity (Wildman–Crippen MR) is 132 cm³/mol. The van der Waals surface area contributed by atoms with Gasteiger partial charge in [-0.1, -0.05) is 60.7 Å². The van der Waals surface area contributed by atoms with Crippen molar-refractivity contribution in [2.24, 2.45) is 0 Å². The average molecular weight is 419 g/mol. The summed E-state index contributed by atoms with van der Waals surface area (Å²) in [5.41, 5.74) is 3.24. The molecule has 0 N–H and O–H groups in total. The van der Waals surface area contributed by atoms with Gasteiger partial charge in [-0.2, -0.15) is 5.10 Å². The summed E-state index contributed by atoms with van der Waals surface area (Å²) in [6, 6.07) is 21.8. The average Bonchev–Trinajstić information content (AvgIpc) is 3.25. The van der Waals surface area contributed by atoms with Gasteiger partial charge in [-0.25, -0.2) is 4.68 Å². The minimum atomic E-state index is -0.318. The van der Waals surface area contributed by atoms with Crippen molar-refractivity contribution in [1.82, 2.24) is 9.78 Å². The number of allylic oxidation sites excluding steroid dienone is 4. The zero-order valence-electron chi connectivity index (χ0n) is 17.8. The van der Waals surface area contributed by atoms with E-state index in [1.54, 1.807) is 18.3 Å². The summed E-state index contributed by atoms with van der Waals surface area (Å²) in [6.45, 7) is 3.92. The van der Waals surface area contributed by atoms with Crippen LogP contribution in [0.25, 0.3) is 49.3 Å². The molecule has 1 heterocycles. The molecule has 5 nitrogen and oxygen atoms in total. The molecular weight excluding hydrogens is 398 g/mol. The smallest absolute Gasteiger partial charge is 0.258 e. The lowest BCUT2D eigenvalue weighted by Crippen LogP contribution is -1.97. The molecule has 0 aliphatic rings. The number of hydrogen-bond donors (Lipinski definition) is 0. The Balaban J connectivity index is 1.82. The molecule has 0 radical (unpaired) electrons. The Bertz CT molecular complexity index is 1570. The van der Waals surface area contributed by atoms with Gasteiger partial charge in [0.15, 0.2) is 0 Å². The van der Waals surface area contributed by atoms with E-state index in [1.165, 1.54) is 0 Å². The molecule has 0 unspecified atom stereocenters. The van der Waals surface area contributed by atoms with Gasteiger partial charge in [0.05, 0.1) is 22.2 Å². The zero-order chi connectivity index (χ0) is 22.2. The summed E-state index contributed by atoms with van der Waals surface area (Å²) in [6.07, 6.45) is 7.59. The molecule has 0 spiro atoms. The number of rotatable bonds is 4. The molecule has 0 bridgehead atoms. The van der Waals surface area contributed by atoms with Gasteiger partial charge in [0.2, 0.25) is 0 Å². The first-order chi connectivity index (χ1) is 15.6. The molecule has 0 saturated carbocycles. The Kier molecular flexibility index (Phi) is 4.79. The Morgan fingerprint density at radius 3 is 2.50 bits per heavy atom. The normalized spacial score (nSPS) is 12.4. The third kappa shape index (κ3) is 3.15. The van der Waals surface area contributed by atoms with Crippen LogP contribution in [0.15, 0.2) is 91.2 Å². The zero-order valence-corrected chi connectivity index (χ0v) is 17.8. The number of aromatic nitrogens is 2. The quantitative estimate of drug-likeness (QED) is 0.132. The van der Waals surface area contributed by atoms with Crippen LogP contribution in [-0.2, 0) is 0 Å². The molecule has 1 aromatic heterocycles. The molecule has 0 aliphatic heterocycles. The topological polar surface area (TPSA) is 61.0 Å². The predicted octanol–water partition coefficient (Wildman–Crippen LogP) is 7.35. The first kappa shape index (κ1) is 19.7. The third-order valence-corrected chi connectivity index (χ3v) is 5.83. The molecule has 32 heavy (non-hydrogen) atoms. The fourth-order valence-corrected chi connectivity index (χ4v) is 4.29. The number of nitro benzene ring substituents is 1. The van der Waals surface area contributed by atoms with Crippen LogP contribution in [0.4, 0.5) is 5.69 Å². The van der Waals surface area contributed by atoms with Gasteiger partial charge in [-0.05, 0) is 59.2 Å². The number of nitro groups is 1. The molecule has 0 fully saturated rings. The fourth-order valence-electron chi connectivity index (χ4n) is 4.29. The van der Waals surface area contributed by atoms with E-state index in [0.717, 1.165) is 43.7 Å². The van der Waals surface area contributed by atoms with Crippen molar-refractivity contribution in [3.05, 3.63) is 101 Å². The van der Waals surface area contributed by atoms with Crippen molar-refractivity contribution in [3.8, 4) is 11.1 Å². The maximum atomic E-state index is 12.0. The molecule has 0 saturated heterocycles. The molecule has 5 aromatic rings. The van der Waals surface area contributed by atoms with Gasteiger partial charge < -0.3 is 0 Å². The highest BCUT2D eigenvalue weighted by molar-refractivity contribution is 6.10. The maximum absolute atomic E-state index is 12.0. The molecule has 4 aromatic carbocycles. The van der Waals surface area contributed by atoms with Crippen LogP contribution in [0, 0.1) is 10.1 Å². The summed E-state index contributed by atoms with van der Waals surface area (Å²) < 4.78 is 1.82. The molecule has 0 aliphatic carbocycles. The lowest BCUT2D eigenvalue weighted by molar-refractivity contribution is -0.384. The van der Waals surface area contributed by atoms with Crippen LogP contribution in [-0.4, -0.2) is 14.7 Å². The molecule has 0 amide bonds. The summed E-state index contributed by atoms with van der Waals surface area (Å²) in [5.74, 6) is 0. The number of nitrogens with zero attached hydrogens (tertiary/aromatic N) is 3. The van der Waals surface area contributed by atoms with E-state index in [1.807, 2.05) is 61.0 Å². The van der Waals surface area contributed by atoms with Gasteiger partial charge in [-0.3, -0.25) is 10.1 Å². The largest absolute Gasteiger partial charge is 0.278 e. The van der Waals surface area contributed by atoms with Crippen molar-refractivity contribution in [1.29, 1.82) is 0 Å². The highest BCUT2D eigenvalue weighted by atomic mass is 16.6. The van der Waals surface area contributed by atoms with Crippen LogP contribution < -0.4 is 0 Å². The number of hydrogen-bond acceptors (Lipinski definition) is 3. The van der Waals surface area contributed by atoms with E-state index in [-0.39, 0.29) is 10.6 Å². The highest BCUT2D eigenvalue weighted by Gasteiger charge is 2.21.